The van der Waals surface area contributed by atoms with E-state index in [4.69, 9.17) is 11.6 Å². The van der Waals surface area contributed by atoms with Crippen LogP contribution in [0.5, 0.6) is 0 Å². The number of rotatable bonds is 4. The molecule has 0 bridgehead atoms. The Kier molecular flexibility index (Phi) is 4.79. The highest BCUT2D eigenvalue weighted by Crippen LogP contribution is 2.31. The van der Waals surface area contributed by atoms with Crippen LogP contribution in [0.25, 0.3) is 0 Å². The van der Waals surface area contributed by atoms with Crippen molar-refractivity contribution < 1.29 is 13.2 Å². The van der Waals surface area contributed by atoms with Crippen molar-refractivity contribution in [1.29, 1.82) is 0 Å². The zero-order valence-corrected chi connectivity index (χ0v) is 14.3. The van der Waals surface area contributed by atoms with Crippen LogP contribution in [-0.4, -0.2) is 55.1 Å². The molecular weight excluding hydrogens is 338 g/mol. The Morgan fingerprint density at radius 2 is 1.74 bits per heavy atom. The van der Waals surface area contributed by atoms with Crippen LogP contribution < -0.4 is 5.32 Å². The molecule has 0 spiro atoms. The number of amides is 2. The molecule has 8 heteroatoms. The monoisotopic (exact) mass is 357 g/mol. The third-order valence-corrected chi connectivity index (χ3v) is 6.84. The first-order chi connectivity index (χ1) is 11.0. The quantitative estimate of drug-likeness (QED) is 0.891. The van der Waals surface area contributed by atoms with E-state index in [-0.39, 0.29) is 11.3 Å². The Labute approximate surface area is 141 Å². The van der Waals surface area contributed by atoms with Gasteiger partial charge in [-0.3, -0.25) is 0 Å². The summed E-state index contributed by atoms with van der Waals surface area (Å²) in [7, 11) is -3.13. The normalized spacial score (nSPS) is 19.6. The summed E-state index contributed by atoms with van der Waals surface area (Å²) in [5.41, 5.74) is 0.970. The van der Waals surface area contributed by atoms with E-state index < -0.39 is 10.0 Å². The zero-order chi connectivity index (χ0) is 16.4. The second-order valence-electron chi connectivity index (χ2n) is 5.92. The maximum atomic E-state index is 12.2. The van der Waals surface area contributed by atoms with Crippen molar-refractivity contribution in [3.63, 3.8) is 0 Å². The minimum Gasteiger partial charge on any atom is -0.334 e. The summed E-state index contributed by atoms with van der Waals surface area (Å²) in [4.78, 5) is 13.8. The number of carbonyl (C=O) groups excluding carboxylic acids is 1. The van der Waals surface area contributed by atoms with Crippen molar-refractivity contribution in [1.82, 2.24) is 14.5 Å². The number of hydrogen-bond acceptors (Lipinski definition) is 3. The zero-order valence-electron chi connectivity index (χ0n) is 12.7. The molecular formula is C15H20ClN3O3S. The van der Waals surface area contributed by atoms with Crippen LogP contribution in [0.1, 0.15) is 18.4 Å². The van der Waals surface area contributed by atoms with E-state index in [2.05, 4.69) is 5.32 Å². The van der Waals surface area contributed by atoms with Gasteiger partial charge in [-0.05, 0) is 30.5 Å². The lowest BCUT2D eigenvalue weighted by molar-refractivity contribution is 0.172. The predicted molar refractivity (Wildman–Crippen MR) is 88.8 cm³/mol. The van der Waals surface area contributed by atoms with Crippen molar-refractivity contribution >= 4 is 27.7 Å². The molecule has 1 aliphatic heterocycles. The van der Waals surface area contributed by atoms with Crippen LogP contribution in [0.2, 0.25) is 5.02 Å². The molecule has 1 aliphatic carbocycles. The van der Waals surface area contributed by atoms with Crippen LogP contribution in [0.4, 0.5) is 4.79 Å². The van der Waals surface area contributed by atoms with E-state index in [0.29, 0.717) is 37.7 Å². The summed E-state index contributed by atoms with van der Waals surface area (Å²) in [6, 6.07) is 7.13. The molecule has 2 aliphatic rings. The van der Waals surface area contributed by atoms with Crippen molar-refractivity contribution in [3.05, 3.63) is 34.9 Å². The molecule has 3 rings (SSSR count). The Morgan fingerprint density at radius 1 is 1.13 bits per heavy atom. The minimum atomic E-state index is -3.13. The van der Waals surface area contributed by atoms with Gasteiger partial charge >= 0.3 is 6.03 Å². The first-order valence-electron chi connectivity index (χ1n) is 7.73. The molecule has 1 aromatic rings. The smallest absolute Gasteiger partial charge is 0.317 e. The Hall–Kier alpha value is -1.31. The molecule has 2 amide bonds. The highest BCUT2D eigenvalue weighted by atomic mass is 35.5. The SMILES string of the molecule is O=C(NCc1ccc(Cl)cc1)N1CCN(S(=O)(=O)C2CC2)CC1. The lowest BCUT2D eigenvalue weighted by atomic mass is 10.2. The topological polar surface area (TPSA) is 69.7 Å². The van der Waals surface area contributed by atoms with E-state index >= 15 is 0 Å². The van der Waals surface area contributed by atoms with E-state index in [0.717, 1.165) is 18.4 Å². The maximum Gasteiger partial charge on any atom is 0.317 e. The van der Waals surface area contributed by atoms with E-state index in [1.165, 1.54) is 4.31 Å². The molecule has 0 radical (unpaired) electrons. The maximum absolute atomic E-state index is 12.2. The highest BCUT2D eigenvalue weighted by Gasteiger charge is 2.41. The van der Waals surface area contributed by atoms with Gasteiger partial charge < -0.3 is 10.2 Å². The number of carbonyl (C=O) groups is 1. The molecule has 126 valence electrons. The number of nitrogens with one attached hydrogen (secondary N) is 1. The third kappa shape index (κ3) is 3.97. The minimum absolute atomic E-state index is 0.164. The van der Waals surface area contributed by atoms with Gasteiger partial charge in [-0.25, -0.2) is 13.2 Å². The van der Waals surface area contributed by atoms with Gasteiger partial charge in [0.05, 0.1) is 5.25 Å². The molecule has 0 atom stereocenters. The average Bonchev–Trinajstić information content (AvgIpc) is 3.39. The molecule has 2 fully saturated rings. The molecule has 0 aromatic heterocycles. The average molecular weight is 358 g/mol. The molecule has 1 heterocycles. The number of piperazine rings is 1. The van der Waals surface area contributed by atoms with Crippen LogP contribution in [0.3, 0.4) is 0 Å². The highest BCUT2D eigenvalue weighted by molar-refractivity contribution is 7.90. The van der Waals surface area contributed by atoms with Crippen LogP contribution >= 0.6 is 11.6 Å². The molecule has 6 nitrogen and oxygen atoms in total. The van der Waals surface area contributed by atoms with Gasteiger partial charge in [0.1, 0.15) is 0 Å². The second kappa shape index (κ2) is 6.67. The Bertz CT molecular complexity index is 666. The number of urea groups is 1. The molecule has 23 heavy (non-hydrogen) atoms. The number of nitrogens with zero attached hydrogens (tertiary/aromatic N) is 2. The van der Waals surface area contributed by atoms with Crippen LogP contribution in [0.15, 0.2) is 24.3 Å². The van der Waals surface area contributed by atoms with Crippen LogP contribution in [0, 0.1) is 0 Å². The molecule has 0 unspecified atom stereocenters. The van der Waals surface area contributed by atoms with Crippen LogP contribution in [-0.2, 0) is 16.6 Å². The van der Waals surface area contributed by atoms with E-state index in [1.807, 2.05) is 12.1 Å². The molecule has 1 N–H and O–H groups in total. The van der Waals surface area contributed by atoms with Gasteiger partial charge in [-0.2, -0.15) is 4.31 Å². The summed E-state index contributed by atoms with van der Waals surface area (Å²) in [5.74, 6) is 0. The van der Waals surface area contributed by atoms with Gasteiger partial charge in [-0.15, -0.1) is 0 Å². The second-order valence-corrected chi connectivity index (χ2v) is 8.57. The standard InChI is InChI=1S/C15H20ClN3O3S/c16-13-3-1-12(2-4-13)11-17-15(20)18-7-9-19(10-8-18)23(21,22)14-5-6-14/h1-4,14H,5-11H2,(H,17,20). The Balaban J connectivity index is 1.47. The van der Waals surface area contributed by atoms with Crippen molar-refractivity contribution in [2.24, 2.45) is 0 Å². The largest absolute Gasteiger partial charge is 0.334 e. The summed E-state index contributed by atoms with van der Waals surface area (Å²) in [6.45, 7) is 2.05. The molecule has 1 aromatic carbocycles. The first-order valence-corrected chi connectivity index (χ1v) is 9.61. The van der Waals surface area contributed by atoms with Gasteiger partial charge in [0.2, 0.25) is 10.0 Å². The lowest BCUT2D eigenvalue weighted by Gasteiger charge is -2.34. The van der Waals surface area contributed by atoms with Gasteiger partial charge in [0.15, 0.2) is 0 Å². The number of benzene rings is 1. The predicted octanol–water partition coefficient (Wildman–Crippen LogP) is 1.66. The Morgan fingerprint density at radius 3 is 2.30 bits per heavy atom. The van der Waals surface area contributed by atoms with Gasteiger partial charge in [-0.1, -0.05) is 23.7 Å². The fourth-order valence-corrected chi connectivity index (χ4v) is 4.57. The third-order valence-electron chi connectivity index (χ3n) is 4.19. The fraction of sp³-hybridized carbons (Fsp3) is 0.533. The number of sulfonamides is 1. The summed E-state index contributed by atoms with van der Waals surface area (Å²) in [6.07, 6.45) is 1.54. The van der Waals surface area contributed by atoms with Gasteiger partial charge in [0, 0.05) is 37.7 Å². The van der Waals surface area contributed by atoms with Crippen molar-refractivity contribution in [2.45, 2.75) is 24.6 Å². The molecule has 1 saturated carbocycles. The number of hydrogen-bond donors (Lipinski definition) is 1. The fourth-order valence-electron chi connectivity index (χ4n) is 2.61. The van der Waals surface area contributed by atoms with Crippen molar-refractivity contribution in [3.8, 4) is 0 Å². The summed E-state index contributed by atoms with van der Waals surface area (Å²) >= 11 is 5.82. The first kappa shape index (κ1) is 16.5. The number of halogens is 1. The molecule has 1 saturated heterocycles. The summed E-state index contributed by atoms with van der Waals surface area (Å²) in [5, 5.41) is 3.33. The lowest BCUT2D eigenvalue weighted by Crippen LogP contribution is -2.53. The van der Waals surface area contributed by atoms with Gasteiger partial charge in [0.25, 0.3) is 0 Å². The summed E-state index contributed by atoms with van der Waals surface area (Å²) < 4.78 is 25.8. The van der Waals surface area contributed by atoms with E-state index in [9.17, 15) is 13.2 Å². The van der Waals surface area contributed by atoms with E-state index in [1.54, 1.807) is 17.0 Å². The van der Waals surface area contributed by atoms with Crippen molar-refractivity contribution in [2.75, 3.05) is 26.2 Å².